The zero-order valence-electron chi connectivity index (χ0n) is 11.9. The minimum absolute atomic E-state index is 0.880. The number of hydrogen-bond donors (Lipinski definition) is 0. The second kappa shape index (κ2) is 5.39. The smallest absolute Gasteiger partial charge is 0.0862 e. The summed E-state index contributed by atoms with van der Waals surface area (Å²) in [6.07, 6.45) is 0. The first kappa shape index (κ1) is 13.2. The molecule has 0 aromatic carbocycles. The first-order valence-electron chi connectivity index (χ1n) is 7.22. The molecule has 0 unspecified atom stereocenters. The highest BCUT2D eigenvalue weighted by Gasteiger charge is 2.19. The first-order chi connectivity index (χ1) is 10.8. The van der Waals surface area contributed by atoms with Crippen LogP contribution in [0.1, 0.15) is 0 Å². The van der Waals surface area contributed by atoms with Crippen molar-refractivity contribution in [3.63, 3.8) is 0 Å². The van der Waals surface area contributed by atoms with Crippen molar-refractivity contribution >= 4 is 10.8 Å². The van der Waals surface area contributed by atoms with Gasteiger partial charge < -0.3 is 0 Å². The summed E-state index contributed by atoms with van der Waals surface area (Å²) in [7, 11) is -1.18. The maximum Gasteiger partial charge on any atom is 0.0862 e. The van der Waals surface area contributed by atoms with Crippen LogP contribution in [0.15, 0.2) is 94.7 Å². The van der Waals surface area contributed by atoms with E-state index in [4.69, 9.17) is 0 Å². The summed E-state index contributed by atoms with van der Waals surface area (Å²) in [6.45, 7) is 0. The molecule has 0 bridgehead atoms. The van der Waals surface area contributed by atoms with E-state index in [1.807, 2.05) is 72.8 Å². The van der Waals surface area contributed by atoms with Crippen molar-refractivity contribution in [3.8, 4) is 22.3 Å². The van der Waals surface area contributed by atoms with Crippen LogP contribution in [0.2, 0.25) is 0 Å². The predicted molar refractivity (Wildman–Crippen MR) is 90.8 cm³/mol. The minimum atomic E-state index is -1.18. The SMILES string of the molecule is O=S(c1ccc2cccccc1-2)c1ccc2cccccc1-2. The second-order valence-electron chi connectivity index (χ2n) is 5.22. The Morgan fingerprint density at radius 1 is 0.500 bits per heavy atom. The predicted octanol–water partition coefficient (Wildman–Crippen LogP) is 5.06. The van der Waals surface area contributed by atoms with Crippen LogP contribution in [0.4, 0.5) is 0 Å². The van der Waals surface area contributed by atoms with E-state index in [2.05, 4.69) is 12.1 Å². The monoisotopic (exact) mass is 302 g/mol. The molecule has 106 valence electrons. The topological polar surface area (TPSA) is 17.1 Å². The Morgan fingerprint density at radius 2 is 0.955 bits per heavy atom. The van der Waals surface area contributed by atoms with Crippen LogP contribution >= 0.6 is 0 Å². The van der Waals surface area contributed by atoms with Crippen LogP contribution in [0, 0.1) is 0 Å². The highest BCUT2D eigenvalue weighted by molar-refractivity contribution is 7.85. The molecule has 0 aliphatic heterocycles. The molecule has 0 N–H and O–H groups in total. The molecule has 0 heterocycles. The van der Waals surface area contributed by atoms with Gasteiger partial charge in [-0.3, -0.25) is 0 Å². The first-order valence-corrected chi connectivity index (χ1v) is 8.37. The molecule has 0 saturated carbocycles. The van der Waals surface area contributed by atoms with Gasteiger partial charge in [-0.2, -0.15) is 0 Å². The molecule has 0 radical (unpaired) electrons. The fourth-order valence-electron chi connectivity index (χ4n) is 2.81. The van der Waals surface area contributed by atoms with Crippen molar-refractivity contribution in [2.24, 2.45) is 0 Å². The third-order valence-corrected chi connectivity index (χ3v) is 5.41. The molecule has 0 atom stereocenters. The zero-order chi connectivity index (χ0) is 14.9. The molecule has 2 heteroatoms. The molecule has 0 aromatic rings. The van der Waals surface area contributed by atoms with Crippen LogP contribution in [0.3, 0.4) is 0 Å². The van der Waals surface area contributed by atoms with Crippen molar-refractivity contribution in [2.45, 2.75) is 9.79 Å². The molecule has 22 heavy (non-hydrogen) atoms. The molecule has 0 aromatic heterocycles. The van der Waals surface area contributed by atoms with Gasteiger partial charge in [0, 0.05) is 0 Å². The van der Waals surface area contributed by atoms with E-state index in [-0.39, 0.29) is 0 Å². The lowest BCUT2D eigenvalue weighted by molar-refractivity contribution is 0.684. The van der Waals surface area contributed by atoms with Crippen LogP contribution in [0.25, 0.3) is 22.3 Å². The fraction of sp³-hybridized carbons (Fsp3) is 0. The van der Waals surface area contributed by atoms with E-state index in [0.29, 0.717) is 0 Å². The van der Waals surface area contributed by atoms with Gasteiger partial charge in [0.2, 0.25) is 0 Å². The Morgan fingerprint density at radius 3 is 1.45 bits per heavy atom. The summed E-state index contributed by atoms with van der Waals surface area (Å²) in [6, 6.07) is 28.2. The van der Waals surface area contributed by atoms with Crippen LogP contribution in [-0.4, -0.2) is 4.21 Å². The van der Waals surface area contributed by atoms with Crippen LogP contribution < -0.4 is 0 Å². The largest absolute Gasteiger partial charge is 0.249 e. The summed E-state index contributed by atoms with van der Waals surface area (Å²) < 4.78 is 13.1. The van der Waals surface area contributed by atoms with Gasteiger partial charge in [-0.25, -0.2) is 4.21 Å². The molecule has 1 nitrogen and oxygen atoms in total. The summed E-state index contributed by atoms with van der Waals surface area (Å²) in [5, 5.41) is 0. The summed E-state index contributed by atoms with van der Waals surface area (Å²) in [5.41, 5.74) is 4.35. The normalized spacial score (nSPS) is 11.3. The minimum Gasteiger partial charge on any atom is -0.249 e. The highest BCUT2D eigenvalue weighted by Crippen LogP contribution is 2.36. The van der Waals surface area contributed by atoms with Gasteiger partial charge in [0.25, 0.3) is 0 Å². The maximum absolute atomic E-state index is 13.1. The Kier molecular flexibility index (Phi) is 3.24. The number of hydrogen-bond acceptors (Lipinski definition) is 1. The van der Waals surface area contributed by atoms with Crippen molar-refractivity contribution in [3.05, 3.63) is 84.9 Å². The van der Waals surface area contributed by atoms with E-state index in [1.165, 1.54) is 0 Å². The standard InChI is InChI=1S/C20H14OS/c21-22(19-13-11-15-7-3-1-5-9-17(15)19)20-14-12-16-8-4-2-6-10-18(16)20/h1-14H. The average molecular weight is 302 g/mol. The maximum atomic E-state index is 13.1. The van der Waals surface area contributed by atoms with Gasteiger partial charge in [-0.1, -0.05) is 72.8 Å². The van der Waals surface area contributed by atoms with Crippen LogP contribution in [0.5, 0.6) is 0 Å². The third-order valence-electron chi connectivity index (χ3n) is 3.90. The molecule has 0 amide bonds. The summed E-state index contributed by atoms with van der Waals surface area (Å²) >= 11 is 0. The van der Waals surface area contributed by atoms with E-state index in [1.54, 1.807) is 0 Å². The Hall–Kier alpha value is -2.45. The van der Waals surface area contributed by atoms with Gasteiger partial charge in [-0.05, 0) is 34.4 Å². The molecule has 0 saturated heterocycles. The molecule has 4 aliphatic carbocycles. The van der Waals surface area contributed by atoms with Gasteiger partial charge in [0.05, 0.1) is 20.6 Å². The molecule has 4 rings (SSSR count). The van der Waals surface area contributed by atoms with E-state index in [9.17, 15) is 4.21 Å². The summed E-state index contributed by atoms with van der Waals surface area (Å²) in [5.74, 6) is 0. The molecule has 0 fully saturated rings. The van der Waals surface area contributed by atoms with Crippen molar-refractivity contribution in [2.75, 3.05) is 0 Å². The second-order valence-corrected chi connectivity index (χ2v) is 6.64. The Labute approximate surface area is 132 Å². The van der Waals surface area contributed by atoms with Gasteiger partial charge in [0.1, 0.15) is 0 Å². The zero-order valence-corrected chi connectivity index (χ0v) is 12.7. The molecule has 4 aliphatic rings. The van der Waals surface area contributed by atoms with Gasteiger partial charge >= 0.3 is 0 Å². The Bertz CT molecular complexity index is 838. The van der Waals surface area contributed by atoms with Crippen molar-refractivity contribution < 1.29 is 4.21 Å². The van der Waals surface area contributed by atoms with E-state index >= 15 is 0 Å². The quantitative estimate of drug-likeness (QED) is 0.505. The molecular weight excluding hydrogens is 288 g/mol. The van der Waals surface area contributed by atoms with E-state index in [0.717, 1.165) is 32.0 Å². The van der Waals surface area contributed by atoms with Gasteiger partial charge in [-0.15, -0.1) is 0 Å². The molecular formula is C20H14OS. The van der Waals surface area contributed by atoms with E-state index < -0.39 is 10.8 Å². The van der Waals surface area contributed by atoms with Gasteiger partial charge in [0.15, 0.2) is 0 Å². The third kappa shape index (κ3) is 2.13. The Balaban J connectivity index is 1.85. The van der Waals surface area contributed by atoms with Crippen LogP contribution in [-0.2, 0) is 10.8 Å². The molecule has 0 spiro atoms. The van der Waals surface area contributed by atoms with Crippen molar-refractivity contribution in [1.29, 1.82) is 0 Å². The highest BCUT2D eigenvalue weighted by atomic mass is 32.2. The number of rotatable bonds is 2. The average Bonchev–Trinajstić information content (AvgIpc) is 2.93. The number of fused-ring (bicyclic) bond motifs is 2. The summed E-state index contributed by atoms with van der Waals surface area (Å²) in [4.78, 5) is 1.76. The lowest BCUT2D eigenvalue weighted by atomic mass is 10.2. The van der Waals surface area contributed by atoms with Crippen molar-refractivity contribution in [1.82, 2.24) is 0 Å². The fourth-order valence-corrected chi connectivity index (χ4v) is 4.21. The lowest BCUT2D eigenvalue weighted by Gasteiger charge is -2.04. The lowest BCUT2D eigenvalue weighted by Crippen LogP contribution is -1.92.